The average molecular weight is 375 g/mol. The van der Waals surface area contributed by atoms with Crippen LogP contribution in [0.4, 0.5) is 0 Å². The number of benzene rings is 3. The van der Waals surface area contributed by atoms with Crippen molar-refractivity contribution in [3.05, 3.63) is 94.0 Å². The van der Waals surface area contributed by atoms with Crippen molar-refractivity contribution in [2.45, 2.75) is 52.4 Å². The van der Waals surface area contributed by atoms with Gasteiger partial charge in [-0.1, -0.05) is 48.5 Å². The molecular formula is C26H30O2. The zero-order valence-corrected chi connectivity index (χ0v) is 16.9. The van der Waals surface area contributed by atoms with Gasteiger partial charge in [0.05, 0.1) is 0 Å². The van der Waals surface area contributed by atoms with Crippen LogP contribution < -0.4 is 0 Å². The summed E-state index contributed by atoms with van der Waals surface area (Å²) in [5.41, 5.74) is 7.26. The molecule has 2 heteroatoms. The molecule has 0 saturated heterocycles. The van der Waals surface area contributed by atoms with Crippen molar-refractivity contribution in [1.29, 1.82) is 0 Å². The monoisotopic (exact) mass is 374 g/mol. The van der Waals surface area contributed by atoms with Gasteiger partial charge in [-0.25, -0.2) is 0 Å². The summed E-state index contributed by atoms with van der Waals surface area (Å²) in [5.74, 6) is 0.748. The van der Waals surface area contributed by atoms with Gasteiger partial charge in [-0.05, 0) is 97.9 Å². The average Bonchev–Trinajstić information content (AvgIpc) is 2.68. The topological polar surface area (TPSA) is 40.5 Å². The number of hydrogen-bond donors (Lipinski definition) is 2. The van der Waals surface area contributed by atoms with E-state index < -0.39 is 0 Å². The minimum atomic E-state index is 0.374. The largest absolute Gasteiger partial charge is 0.508 e. The molecule has 3 aromatic rings. The fraction of sp³-hybridized carbons (Fsp3) is 0.308. The number of phenols is 2. The smallest absolute Gasteiger partial charge is 0.118 e. The number of phenolic OH excluding ortho intramolecular Hbond substituents is 2. The molecule has 0 bridgehead atoms. The van der Waals surface area contributed by atoms with Crippen LogP contribution in [0.5, 0.6) is 11.5 Å². The molecule has 0 aliphatic carbocycles. The lowest BCUT2D eigenvalue weighted by atomic mass is 9.98. The van der Waals surface area contributed by atoms with Crippen molar-refractivity contribution in [3.63, 3.8) is 0 Å². The lowest BCUT2D eigenvalue weighted by Crippen LogP contribution is -1.94. The van der Waals surface area contributed by atoms with E-state index in [9.17, 15) is 10.2 Å². The van der Waals surface area contributed by atoms with E-state index in [2.05, 4.69) is 36.4 Å². The fourth-order valence-corrected chi connectivity index (χ4v) is 3.68. The Morgan fingerprint density at radius 3 is 1.32 bits per heavy atom. The van der Waals surface area contributed by atoms with E-state index in [1.807, 2.05) is 26.0 Å². The van der Waals surface area contributed by atoms with Gasteiger partial charge in [0.25, 0.3) is 0 Å². The first kappa shape index (κ1) is 20.0. The van der Waals surface area contributed by atoms with Crippen LogP contribution in [-0.4, -0.2) is 10.2 Å². The van der Waals surface area contributed by atoms with E-state index in [-0.39, 0.29) is 0 Å². The van der Waals surface area contributed by atoms with Crippen LogP contribution in [0.3, 0.4) is 0 Å². The molecule has 0 aromatic heterocycles. The highest BCUT2D eigenvalue weighted by Crippen LogP contribution is 2.20. The second-order valence-corrected chi connectivity index (χ2v) is 7.77. The summed E-state index contributed by atoms with van der Waals surface area (Å²) in [7, 11) is 0. The molecule has 28 heavy (non-hydrogen) atoms. The second-order valence-electron chi connectivity index (χ2n) is 7.77. The van der Waals surface area contributed by atoms with Gasteiger partial charge in [-0.15, -0.1) is 0 Å². The minimum absolute atomic E-state index is 0.374. The Morgan fingerprint density at radius 2 is 0.929 bits per heavy atom. The van der Waals surface area contributed by atoms with Crippen LogP contribution in [0, 0.1) is 13.8 Å². The molecule has 146 valence electrons. The lowest BCUT2D eigenvalue weighted by molar-refractivity contribution is 0.470. The third-order valence-electron chi connectivity index (χ3n) is 5.38. The number of rotatable bonds is 8. The third-order valence-corrected chi connectivity index (χ3v) is 5.38. The van der Waals surface area contributed by atoms with Gasteiger partial charge in [0.15, 0.2) is 0 Å². The zero-order chi connectivity index (χ0) is 19.9. The van der Waals surface area contributed by atoms with Crippen LogP contribution in [0.1, 0.15) is 46.2 Å². The molecule has 3 aromatic carbocycles. The van der Waals surface area contributed by atoms with Gasteiger partial charge in [0.1, 0.15) is 11.5 Å². The van der Waals surface area contributed by atoms with Crippen molar-refractivity contribution in [1.82, 2.24) is 0 Å². The van der Waals surface area contributed by atoms with Crippen molar-refractivity contribution in [3.8, 4) is 11.5 Å². The van der Waals surface area contributed by atoms with Crippen molar-refractivity contribution >= 4 is 0 Å². The molecule has 0 fully saturated rings. The molecule has 0 aliphatic heterocycles. The maximum Gasteiger partial charge on any atom is 0.118 e. The summed E-state index contributed by atoms with van der Waals surface area (Å²) in [5, 5.41) is 19.3. The highest BCUT2D eigenvalue weighted by atomic mass is 16.3. The zero-order valence-electron chi connectivity index (χ0n) is 16.9. The quantitative estimate of drug-likeness (QED) is 0.503. The summed E-state index contributed by atoms with van der Waals surface area (Å²) in [4.78, 5) is 0. The van der Waals surface area contributed by atoms with E-state index in [0.29, 0.717) is 11.5 Å². The minimum Gasteiger partial charge on any atom is -0.508 e. The van der Waals surface area contributed by atoms with Gasteiger partial charge in [-0.3, -0.25) is 0 Å². The molecular weight excluding hydrogens is 344 g/mol. The molecule has 2 N–H and O–H groups in total. The highest BCUT2D eigenvalue weighted by Gasteiger charge is 2.02. The van der Waals surface area contributed by atoms with E-state index in [1.54, 1.807) is 12.1 Å². The highest BCUT2D eigenvalue weighted by molar-refractivity contribution is 5.36. The van der Waals surface area contributed by atoms with Crippen molar-refractivity contribution in [2.75, 3.05) is 0 Å². The molecule has 0 radical (unpaired) electrons. The lowest BCUT2D eigenvalue weighted by Gasteiger charge is -2.08. The van der Waals surface area contributed by atoms with Gasteiger partial charge < -0.3 is 10.2 Å². The van der Waals surface area contributed by atoms with E-state index in [1.165, 1.54) is 22.3 Å². The van der Waals surface area contributed by atoms with Crippen LogP contribution in [0.25, 0.3) is 0 Å². The Kier molecular flexibility index (Phi) is 6.76. The van der Waals surface area contributed by atoms with Gasteiger partial charge in [0.2, 0.25) is 0 Å². The SMILES string of the molecule is Cc1cc(CCCc2cccc(CCCc3ccc(O)c(C)c3)c2)ccc1O. The molecule has 0 aliphatic rings. The molecule has 0 spiro atoms. The first-order valence-corrected chi connectivity index (χ1v) is 10.2. The van der Waals surface area contributed by atoms with E-state index in [0.717, 1.165) is 49.7 Å². The van der Waals surface area contributed by atoms with Crippen LogP contribution in [0.15, 0.2) is 60.7 Å². The van der Waals surface area contributed by atoms with Crippen molar-refractivity contribution in [2.24, 2.45) is 0 Å². The Bertz CT molecular complexity index is 855. The maximum absolute atomic E-state index is 9.64. The Hall–Kier alpha value is -2.74. The Balaban J connectivity index is 1.47. The fourth-order valence-electron chi connectivity index (χ4n) is 3.68. The molecule has 3 rings (SSSR count). The van der Waals surface area contributed by atoms with Crippen molar-refractivity contribution < 1.29 is 10.2 Å². The number of hydrogen-bond acceptors (Lipinski definition) is 2. The third kappa shape index (κ3) is 5.63. The molecule has 0 heterocycles. The maximum atomic E-state index is 9.64. The first-order valence-electron chi connectivity index (χ1n) is 10.2. The Morgan fingerprint density at radius 1 is 0.536 bits per heavy atom. The van der Waals surface area contributed by atoms with Crippen LogP contribution in [-0.2, 0) is 25.7 Å². The first-order chi connectivity index (χ1) is 13.5. The summed E-state index contributed by atoms with van der Waals surface area (Å²) in [6.45, 7) is 3.89. The summed E-state index contributed by atoms with van der Waals surface area (Å²) >= 11 is 0. The predicted octanol–water partition coefficient (Wildman–Crippen LogP) is 6.07. The molecule has 0 amide bonds. The summed E-state index contributed by atoms with van der Waals surface area (Å²) in [6.07, 6.45) is 6.44. The normalized spacial score (nSPS) is 10.9. The summed E-state index contributed by atoms with van der Waals surface area (Å²) < 4.78 is 0. The van der Waals surface area contributed by atoms with E-state index >= 15 is 0 Å². The molecule has 0 atom stereocenters. The molecule has 0 saturated carbocycles. The van der Waals surface area contributed by atoms with Crippen LogP contribution >= 0.6 is 0 Å². The van der Waals surface area contributed by atoms with Gasteiger partial charge in [0, 0.05) is 0 Å². The predicted molar refractivity (Wildman–Crippen MR) is 116 cm³/mol. The van der Waals surface area contributed by atoms with E-state index in [4.69, 9.17) is 0 Å². The van der Waals surface area contributed by atoms with Crippen LogP contribution in [0.2, 0.25) is 0 Å². The summed E-state index contributed by atoms with van der Waals surface area (Å²) in [6, 6.07) is 20.7. The number of aromatic hydroxyl groups is 2. The molecule has 2 nitrogen and oxygen atoms in total. The van der Waals surface area contributed by atoms with Gasteiger partial charge >= 0.3 is 0 Å². The number of aryl methyl sites for hydroxylation is 6. The standard InChI is InChI=1S/C26H30O2/c1-19-16-23(12-14-25(19)27)10-4-8-21-6-3-7-22(18-21)9-5-11-24-13-15-26(28)20(2)17-24/h3,6-7,12-18,27-28H,4-5,8-11H2,1-2H3. The Labute approximate surface area is 168 Å². The molecule has 0 unspecified atom stereocenters. The second kappa shape index (κ2) is 9.45. The van der Waals surface area contributed by atoms with Gasteiger partial charge in [-0.2, -0.15) is 0 Å².